The highest BCUT2D eigenvalue weighted by Crippen LogP contribution is 2.23. The molecule has 6 heteroatoms. The van der Waals surface area contributed by atoms with Crippen molar-refractivity contribution >= 4 is 39.9 Å². The van der Waals surface area contributed by atoms with Crippen LogP contribution in [0.25, 0.3) is 11.0 Å². The molecular weight excluding hydrogens is 295 g/mol. The largest absolute Gasteiger partial charge is 0.451 e. The predicted octanol–water partition coefficient (Wildman–Crippen LogP) is 4.06. The number of carbonyl (C=O) groups excluding carboxylic acids is 1. The summed E-state index contributed by atoms with van der Waals surface area (Å²) in [5.74, 6) is -0.968. The Morgan fingerprint density at radius 2 is 2.00 bits per heavy atom. The molecule has 0 aliphatic heterocycles. The average molecular weight is 305 g/mol. The van der Waals surface area contributed by atoms with Crippen LogP contribution in [0.15, 0.2) is 46.9 Å². The summed E-state index contributed by atoms with van der Waals surface area (Å²) in [7, 11) is 0. The molecule has 106 valence electrons. The number of furan rings is 1. The Hall–Kier alpha value is -2.53. The molecule has 0 saturated heterocycles. The van der Waals surface area contributed by atoms with E-state index in [9.17, 15) is 9.18 Å². The standard InChI is InChI=1S/C15H10ClFN2O2/c16-11-3-2-10(7-12(11)17)19-15(20)14-6-8-5-9(18)1-4-13(8)21-14/h1-7H,18H2,(H,19,20). The van der Waals surface area contributed by atoms with Crippen LogP contribution in [-0.4, -0.2) is 5.91 Å². The molecule has 0 fully saturated rings. The fourth-order valence-electron chi connectivity index (χ4n) is 1.94. The number of carbonyl (C=O) groups is 1. The number of nitrogen functional groups attached to an aromatic ring is 1. The summed E-state index contributed by atoms with van der Waals surface area (Å²) in [5, 5.41) is 3.26. The van der Waals surface area contributed by atoms with Crippen molar-refractivity contribution in [3.63, 3.8) is 0 Å². The zero-order valence-corrected chi connectivity index (χ0v) is 11.4. The van der Waals surface area contributed by atoms with Crippen LogP contribution < -0.4 is 11.1 Å². The summed E-state index contributed by atoms with van der Waals surface area (Å²) in [6.45, 7) is 0. The highest BCUT2D eigenvalue weighted by atomic mass is 35.5. The lowest BCUT2D eigenvalue weighted by molar-refractivity contribution is 0.0998. The number of amides is 1. The minimum atomic E-state index is -0.605. The summed E-state index contributed by atoms with van der Waals surface area (Å²) in [6.07, 6.45) is 0. The van der Waals surface area contributed by atoms with Crippen LogP contribution in [0.3, 0.4) is 0 Å². The number of fused-ring (bicyclic) bond motifs is 1. The second-order valence-corrected chi connectivity index (χ2v) is 4.90. The molecule has 0 spiro atoms. The number of nitrogens with two attached hydrogens (primary N) is 1. The highest BCUT2D eigenvalue weighted by Gasteiger charge is 2.13. The third-order valence-electron chi connectivity index (χ3n) is 2.94. The van der Waals surface area contributed by atoms with Crippen LogP contribution in [0.1, 0.15) is 10.6 Å². The quantitative estimate of drug-likeness (QED) is 0.701. The lowest BCUT2D eigenvalue weighted by Crippen LogP contribution is -2.10. The van der Waals surface area contributed by atoms with Gasteiger partial charge in [-0.1, -0.05) is 11.6 Å². The van der Waals surface area contributed by atoms with Crippen molar-refractivity contribution in [1.82, 2.24) is 0 Å². The molecule has 0 radical (unpaired) electrons. The summed E-state index contributed by atoms with van der Waals surface area (Å²) in [6, 6.07) is 10.7. The van der Waals surface area contributed by atoms with Gasteiger partial charge < -0.3 is 15.5 Å². The Kier molecular flexibility index (Phi) is 3.27. The third-order valence-corrected chi connectivity index (χ3v) is 3.25. The molecule has 2 aromatic carbocycles. The Bertz CT molecular complexity index is 845. The van der Waals surface area contributed by atoms with Crippen LogP contribution in [-0.2, 0) is 0 Å². The number of halogens is 2. The third kappa shape index (κ3) is 2.68. The van der Waals surface area contributed by atoms with Gasteiger partial charge in [0.1, 0.15) is 11.4 Å². The SMILES string of the molecule is Nc1ccc2oc(C(=O)Nc3ccc(Cl)c(F)c3)cc2c1. The van der Waals surface area contributed by atoms with Crippen molar-refractivity contribution in [3.05, 3.63) is 59.1 Å². The summed E-state index contributed by atoms with van der Waals surface area (Å²) in [5.41, 5.74) is 7.09. The van der Waals surface area contributed by atoms with Gasteiger partial charge in [0, 0.05) is 16.8 Å². The first-order valence-electron chi connectivity index (χ1n) is 6.08. The molecule has 4 nitrogen and oxygen atoms in total. The monoisotopic (exact) mass is 304 g/mol. The maximum atomic E-state index is 13.3. The van der Waals surface area contributed by atoms with Gasteiger partial charge in [0.2, 0.25) is 0 Å². The van der Waals surface area contributed by atoms with Gasteiger partial charge in [0.05, 0.1) is 5.02 Å². The molecule has 0 aliphatic rings. The van der Waals surface area contributed by atoms with Crippen molar-refractivity contribution in [1.29, 1.82) is 0 Å². The van der Waals surface area contributed by atoms with E-state index in [0.29, 0.717) is 17.0 Å². The van der Waals surface area contributed by atoms with Crippen LogP contribution in [0.2, 0.25) is 5.02 Å². The number of rotatable bonds is 2. The Labute approximate surface area is 124 Å². The maximum absolute atomic E-state index is 13.3. The highest BCUT2D eigenvalue weighted by molar-refractivity contribution is 6.30. The van der Waals surface area contributed by atoms with Crippen LogP contribution in [0.5, 0.6) is 0 Å². The molecule has 0 bridgehead atoms. The van der Waals surface area contributed by atoms with Crippen molar-refractivity contribution in [2.75, 3.05) is 11.1 Å². The first kappa shape index (κ1) is 13.5. The number of benzene rings is 2. The molecule has 1 aromatic heterocycles. The maximum Gasteiger partial charge on any atom is 0.291 e. The van der Waals surface area contributed by atoms with Gasteiger partial charge in [-0.25, -0.2) is 4.39 Å². The summed E-state index contributed by atoms with van der Waals surface area (Å²) < 4.78 is 18.7. The summed E-state index contributed by atoms with van der Waals surface area (Å²) >= 11 is 5.58. The topological polar surface area (TPSA) is 68.3 Å². The van der Waals surface area contributed by atoms with Crippen LogP contribution in [0, 0.1) is 5.82 Å². The van der Waals surface area contributed by atoms with Crippen LogP contribution >= 0.6 is 11.6 Å². The predicted molar refractivity (Wildman–Crippen MR) is 80.0 cm³/mol. The van der Waals surface area contributed by atoms with Gasteiger partial charge in [-0.15, -0.1) is 0 Å². The van der Waals surface area contributed by atoms with Gasteiger partial charge in [-0.3, -0.25) is 4.79 Å². The molecule has 0 aliphatic carbocycles. The van der Waals surface area contributed by atoms with Gasteiger partial charge in [-0.2, -0.15) is 0 Å². The molecule has 0 atom stereocenters. The van der Waals surface area contributed by atoms with Crippen molar-refractivity contribution in [2.45, 2.75) is 0 Å². The number of anilines is 2. The van der Waals surface area contributed by atoms with E-state index < -0.39 is 11.7 Å². The minimum absolute atomic E-state index is 0.00721. The van der Waals surface area contributed by atoms with E-state index in [1.54, 1.807) is 24.3 Å². The fourth-order valence-corrected chi connectivity index (χ4v) is 2.06. The number of nitrogens with one attached hydrogen (secondary N) is 1. The molecular formula is C15H10ClFN2O2. The zero-order chi connectivity index (χ0) is 15.0. The number of hydrogen-bond acceptors (Lipinski definition) is 3. The van der Waals surface area contributed by atoms with E-state index in [1.165, 1.54) is 12.1 Å². The molecule has 1 heterocycles. The zero-order valence-electron chi connectivity index (χ0n) is 10.7. The normalized spacial score (nSPS) is 10.8. The smallest absolute Gasteiger partial charge is 0.291 e. The van der Waals surface area contributed by atoms with Crippen molar-refractivity contribution in [3.8, 4) is 0 Å². The molecule has 3 N–H and O–H groups in total. The number of hydrogen-bond donors (Lipinski definition) is 2. The van der Waals surface area contributed by atoms with E-state index in [2.05, 4.69) is 5.32 Å². The van der Waals surface area contributed by atoms with E-state index in [1.807, 2.05) is 0 Å². The average Bonchev–Trinajstić information content (AvgIpc) is 2.86. The van der Waals surface area contributed by atoms with E-state index in [0.717, 1.165) is 11.5 Å². The fraction of sp³-hybridized carbons (Fsp3) is 0. The van der Waals surface area contributed by atoms with E-state index >= 15 is 0 Å². The summed E-state index contributed by atoms with van der Waals surface area (Å²) in [4.78, 5) is 12.1. The Morgan fingerprint density at radius 3 is 2.76 bits per heavy atom. The van der Waals surface area contributed by atoms with Crippen molar-refractivity contribution < 1.29 is 13.6 Å². The first-order chi connectivity index (χ1) is 10.0. The molecule has 3 rings (SSSR count). The van der Waals surface area contributed by atoms with Crippen LogP contribution in [0.4, 0.5) is 15.8 Å². The molecule has 3 aromatic rings. The molecule has 0 saturated carbocycles. The lowest BCUT2D eigenvalue weighted by Gasteiger charge is -2.03. The van der Waals surface area contributed by atoms with Gasteiger partial charge >= 0.3 is 0 Å². The second-order valence-electron chi connectivity index (χ2n) is 4.49. The van der Waals surface area contributed by atoms with Gasteiger partial charge in [-0.05, 0) is 42.5 Å². The first-order valence-corrected chi connectivity index (χ1v) is 6.46. The molecule has 1 amide bonds. The van der Waals surface area contributed by atoms with Crippen molar-refractivity contribution in [2.24, 2.45) is 0 Å². The lowest BCUT2D eigenvalue weighted by atomic mass is 10.2. The molecule has 0 unspecified atom stereocenters. The van der Waals surface area contributed by atoms with Gasteiger partial charge in [0.25, 0.3) is 5.91 Å². The van der Waals surface area contributed by atoms with E-state index in [4.69, 9.17) is 21.8 Å². The second kappa shape index (κ2) is 5.10. The van der Waals surface area contributed by atoms with E-state index in [-0.39, 0.29) is 10.8 Å². The van der Waals surface area contributed by atoms with Gasteiger partial charge in [0.15, 0.2) is 5.76 Å². The molecule has 21 heavy (non-hydrogen) atoms. The Morgan fingerprint density at radius 1 is 1.19 bits per heavy atom. The minimum Gasteiger partial charge on any atom is -0.451 e. The Balaban J connectivity index is 1.87.